The van der Waals surface area contributed by atoms with Crippen molar-refractivity contribution in [3.05, 3.63) is 65.7 Å². The number of ether oxygens (including phenoxy) is 2. The van der Waals surface area contributed by atoms with Gasteiger partial charge in [-0.3, -0.25) is 14.3 Å². The number of rotatable bonds is 8. The molecule has 35 heavy (non-hydrogen) atoms. The second-order valence-corrected chi connectivity index (χ2v) is 7.36. The fourth-order valence-corrected chi connectivity index (χ4v) is 3.39. The molecule has 0 aliphatic heterocycles. The van der Waals surface area contributed by atoms with Crippen LogP contribution in [0.4, 0.5) is 20.4 Å². The number of anilines is 2. The van der Waals surface area contributed by atoms with Crippen LogP contribution in [0.2, 0.25) is 0 Å². The van der Waals surface area contributed by atoms with Gasteiger partial charge in [-0.2, -0.15) is 5.10 Å². The lowest BCUT2D eigenvalue weighted by Gasteiger charge is -2.10. The number of nitrogens with zero attached hydrogens (tertiary/aromatic N) is 3. The lowest BCUT2D eigenvalue weighted by molar-refractivity contribution is -0.112. The van der Waals surface area contributed by atoms with Gasteiger partial charge in [-0.05, 0) is 12.1 Å². The highest BCUT2D eigenvalue weighted by Gasteiger charge is 2.28. The Balaban J connectivity index is 1.71. The molecule has 0 saturated heterocycles. The van der Waals surface area contributed by atoms with Crippen molar-refractivity contribution in [2.75, 3.05) is 19.5 Å². The molecule has 0 spiro atoms. The van der Waals surface area contributed by atoms with Crippen LogP contribution in [0.3, 0.4) is 0 Å². The first-order valence-electron chi connectivity index (χ1n) is 9.98. The number of benzene rings is 1. The maximum Gasteiger partial charge on any atom is 0.248 e. The van der Waals surface area contributed by atoms with E-state index >= 15 is 0 Å². The van der Waals surface area contributed by atoms with E-state index in [9.17, 15) is 18.4 Å². The summed E-state index contributed by atoms with van der Waals surface area (Å²) in [6, 6.07) is 3.84. The normalized spacial score (nSPS) is 10.9. The quantitative estimate of drug-likeness (QED) is 0.288. The molecule has 0 aliphatic rings. The molecule has 3 aromatic heterocycles. The molecule has 3 heterocycles. The largest absolute Gasteiger partial charge is 0.494 e. The van der Waals surface area contributed by atoms with E-state index in [-0.39, 0.29) is 40.1 Å². The zero-order valence-electron chi connectivity index (χ0n) is 18.8. The lowest BCUT2D eigenvalue weighted by Crippen LogP contribution is -2.12. The van der Waals surface area contributed by atoms with E-state index in [1.165, 1.54) is 37.2 Å². The van der Waals surface area contributed by atoms with E-state index in [4.69, 9.17) is 19.6 Å². The molecule has 4 aromatic rings. The number of hydrogen-bond donors (Lipinski definition) is 2. The zero-order valence-corrected chi connectivity index (χ0v) is 18.8. The molecule has 4 rings (SSSR count). The third-order valence-electron chi connectivity index (χ3n) is 5.13. The number of nitrogens with one attached hydrogen (secondary N) is 1. The molecule has 3 N–H and O–H groups in total. The standard InChI is InChI=1S/C23H19F2N5O5/c1-10(22(26)32)12-9-30(2)29-23(12)28-17-6-11-5-15(35-16(11)8-27-17)21(31)18-19(24)13(33-3)7-14(34-4)20(18)25/h5-9H,1H2,2-4H3,(H2,26,32)(H,27,28,29). The van der Waals surface area contributed by atoms with E-state index in [2.05, 4.69) is 22.0 Å². The van der Waals surface area contributed by atoms with Gasteiger partial charge in [0.15, 0.2) is 40.3 Å². The van der Waals surface area contributed by atoms with Crippen LogP contribution in [0.15, 0.2) is 41.6 Å². The first kappa shape index (κ1) is 23.4. The van der Waals surface area contributed by atoms with E-state index in [1.54, 1.807) is 13.2 Å². The van der Waals surface area contributed by atoms with Gasteiger partial charge >= 0.3 is 0 Å². The van der Waals surface area contributed by atoms with Crippen LogP contribution in [0.1, 0.15) is 21.7 Å². The summed E-state index contributed by atoms with van der Waals surface area (Å²) in [5.74, 6) is -4.62. The molecular weight excluding hydrogens is 464 g/mol. The Hall–Kier alpha value is -4.74. The lowest BCUT2D eigenvalue weighted by atomic mass is 10.1. The van der Waals surface area contributed by atoms with Gasteiger partial charge in [0.25, 0.3) is 0 Å². The minimum absolute atomic E-state index is 0.0515. The molecule has 0 fully saturated rings. The molecule has 0 saturated carbocycles. The number of halogens is 2. The Kier molecular flexibility index (Phi) is 5.95. The van der Waals surface area contributed by atoms with Gasteiger partial charge in [0.1, 0.15) is 11.4 Å². The number of aromatic nitrogens is 3. The van der Waals surface area contributed by atoms with E-state index in [0.717, 1.165) is 6.07 Å². The Morgan fingerprint density at radius 2 is 1.80 bits per heavy atom. The highest BCUT2D eigenvalue weighted by Crippen LogP contribution is 2.34. The van der Waals surface area contributed by atoms with Crippen LogP contribution in [0, 0.1) is 11.6 Å². The number of methoxy groups -OCH3 is 2. The number of furan rings is 1. The third-order valence-corrected chi connectivity index (χ3v) is 5.13. The number of fused-ring (bicyclic) bond motifs is 1. The SMILES string of the molecule is C=C(C(N)=O)c1cn(C)nc1Nc1cc2cc(C(=O)c3c(F)c(OC)cc(OC)c3F)oc2cn1. The molecule has 0 aliphatic carbocycles. The smallest absolute Gasteiger partial charge is 0.248 e. The Morgan fingerprint density at radius 3 is 2.40 bits per heavy atom. The van der Waals surface area contributed by atoms with Crippen molar-refractivity contribution in [1.29, 1.82) is 0 Å². The van der Waals surface area contributed by atoms with Crippen molar-refractivity contribution in [1.82, 2.24) is 14.8 Å². The van der Waals surface area contributed by atoms with Gasteiger partial charge < -0.3 is 24.9 Å². The minimum Gasteiger partial charge on any atom is -0.494 e. The summed E-state index contributed by atoms with van der Waals surface area (Å²) in [6.45, 7) is 3.66. The molecule has 0 unspecified atom stereocenters. The third kappa shape index (κ3) is 4.16. The topological polar surface area (TPSA) is 134 Å². The van der Waals surface area contributed by atoms with Crippen molar-refractivity contribution in [3.8, 4) is 11.5 Å². The molecule has 10 nitrogen and oxygen atoms in total. The Bertz CT molecular complexity index is 1480. The molecule has 0 bridgehead atoms. The maximum atomic E-state index is 14.8. The fraction of sp³-hybridized carbons (Fsp3) is 0.130. The second-order valence-electron chi connectivity index (χ2n) is 7.36. The number of amides is 1. The first-order valence-corrected chi connectivity index (χ1v) is 9.98. The summed E-state index contributed by atoms with van der Waals surface area (Å²) < 4.78 is 46.2. The summed E-state index contributed by atoms with van der Waals surface area (Å²) >= 11 is 0. The summed E-state index contributed by atoms with van der Waals surface area (Å²) in [6.07, 6.45) is 2.88. The van der Waals surface area contributed by atoms with Gasteiger partial charge in [-0.25, -0.2) is 13.8 Å². The number of pyridine rings is 1. The zero-order chi connectivity index (χ0) is 25.4. The van der Waals surface area contributed by atoms with Crippen molar-refractivity contribution < 1.29 is 32.3 Å². The second kappa shape index (κ2) is 8.89. The predicted octanol–water partition coefficient (Wildman–Crippen LogP) is 3.33. The van der Waals surface area contributed by atoms with Crippen molar-refractivity contribution in [2.24, 2.45) is 12.8 Å². The average Bonchev–Trinajstić information content (AvgIpc) is 3.41. The van der Waals surface area contributed by atoms with Gasteiger partial charge in [-0.15, -0.1) is 0 Å². The molecule has 12 heteroatoms. The molecular formula is C23H19F2N5O5. The van der Waals surface area contributed by atoms with Crippen LogP contribution >= 0.6 is 0 Å². The minimum atomic E-state index is -1.19. The van der Waals surface area contributed by atoms with Crippen molar-refractivity contribution in [2.45, 2.75) is 0 Å². The highest BCUT2D eigenvalue weighted by atomic mass is 19.1. The van der Waals surface area contributed by atoms with Gasteiger partial charge in [0.05, 0.1) is 20.4 Å². The van der Waals surface area contributed by atoms with E-state index < -0.39 is 28.9 Å². The molecule has 180 valence electrons. The summed E-state index contributed by atoms with van der Waals surface area (Å²) in [5.41, 5.74) is 5.06. The van der Waals surface area contributed by atoms with E-state index in [0.29, 0.717) is 10.9 Å². The van der Waals surface area contributed by atoms with Crippen LogP contribution in [0.25, 0.3) is 16.5 Å². The molecule has 1 aromatic carbocycles. The van der Waals surface area contributed by atoms with Crippen molar-refractivity contribution in [3.63, 3.8) is 0 Å². The number of hydrogen-bond acceptors (Lipinski definition) is 8. The first-order chi connectivity index (χ1) is 16.6. The Labute approximate surface area is 196 Å². The number of ketones is 1. The van der Waals surface area contributed by atoms with Crippen molar-refractivity contribution >= 4 is 39.9 Å². The molecule has 0 atom stereocenters. The Morgan fingerprint density at radius 1 is 1.14 bits per heavy atom. The number of primary amides is 1. The van der Waals surface area contributed by atoms with Gasteiger partial charge in [-0.1, -0.05) is 6.58 Å². The average molecular weight is 483 g/mol. The number of carbonyl (C=O) groups is 2. The number of carbonyl (C=O) groups excluding carboxylic acids is 2. The van der Waals surface area contributed by atoms with Gasteiger partial charge in [0.2, 0.25) is 11.7 Å². The summed E-state index contributed by atoms with van der Waals surface area (Å²) in [4.78, 5) is 28.7. The summed E-state index contributed by atoms with van der Waals surface area (Å²) in [5, 5.41) is 7.59. The van der Waals surface area contributed by atoms with Crippen LogP contribution in [0.5, 0.6) is 11.5 Å². The van der Waals surface area contributed by atoms with Crippen LogP contribution in [-0.4, -0.2) is 40.7 Å². The van der Waals surface area contributed by atoms with Crippen LogP contribution < -0.4 is 20.5 Å². The van der Waals surface area contributed by atoms with E-state index in [1.807, 2.05) is 0 Å². The summed E-state index contributed by atoms with van der Waals surface area (Å²) in [7, 11) is 4.01. The number of aryl methyl sites for hydroxylation is 1. The molecule has 0 radical (unpaired) electrons. The van der Waals surface area contributed by atoms with Gasteiger partial charge in [0, 0.05) is 35.8 Å². The molecule has 1 amide bonds. The van der Waals surface area contributed by atoms with Crippen LogP contribution in [-0.2, 0) is 11.8 Å². The monoisotopic (exact) mass is 483 g/mol. The number of nitrogens with two attached hydrogens (primary N) is 1. The fourth-order valence-electron chi connectivity index (χ4n) is 3.39. The highest BCUT2D eigenvalue weighted by molar-refractivity contribution is 6.19. The predicted molar refractivity (Wildman–Crippen MR) is 122 cm³/mol. The maximum absolute atomic E-state index is 14.8.